The third kappa shape index (κ3) is 3.69. The van der Waals surface area contributed by atoms with E-state index in [0.717, 1.165) is 17.4 Å². The molecule has 0 radical (unpaired) electrons. The van der Waals surface area contributed by atoms with Gasteiger partial charge in [-0.15, -0.1) is 0 Å². The lowest BCUT2D eigenvalue weighted by Crippen LogP contribution is -2.19. The first-order valence-corrected chi connectivity index (χ1v) is 5.10. The van der Waals surface area contributed by atoms with Gasteiger partial charge < -0.3 is 5.32 Å². The highest BCUT2D eigenvalue weighted by atomic mass is 16.1. The largest absolute Gasteiger partial charge is 0.353 e. The fourth-order valence-electron chi connectivity index (χ4n) is 1.33. The minimum absolute atomic E-state index is 0.0653. The molecule has 1 amide bonds. The molecule has 0 fully saturated rings. The van der Waals surface area contributed by atoms with Gasteiger partial charge in [-0.05, 0) is 12.5 Å². The molecule has 1 N–H and O–H groups in total. The molecule has 16 heavy (non-hydrogen) atoms. The number of benzene rings is 1. The van der Waals surface area contributed by atoms with Crippen LogP contribution in [0.3, 0.4) is 0 Å². The molecule has 1 aromatic rings. The summed E-state index contributed by atoms with van der Waals surface area (Å²) in [6.45, 7) is 3.92. The average Bonchev–Trinajstić information content (AvgIpc) is 2.24. The zero-order valence-corrected chi connectivity index (χ0v) is 9.49. The van der Waals surface area contributed by atoms with E-state index in [0.29, 0.717) is 12.1 Å². The Morgan fingerprint density at radius 1 is 1.38 bits per heavy atom. The lowest BCUT2D eigenvalue weighted by molar-refractivity contribution is -0.118. The molecule has 0 unspecified atom stereocenters. The molecule has 0 saturated carbocycles. The normalized spacial score (nSPS) is 10.4. The lowest BCUT2D eigenvalue weighted by atomic mass is 10.1. The van der Waals surface area contributed by atoms with Gasteiger partial charge in [0.25, 0.3) is 0 Å². The molecule has 0 saturated heterocycles. The summed E-state index contributed by atoms with van der Waals surface area (Å²) in [5, 5.41) is 2.65. The molecule has 0 bridgehead atoms. The van der Waals surface area contributed by atoms with Gasteiger partial charge >= 0.3 is 0 Å². The van der Waals surface area contributed by atoms with Crippen molar-refractivity contribution in [3.63, 3.8) is 0 Å². The number of carbonyl (C=O) groups excluding carboxylic acids is 2. The van der Waals surface area contributed by atoms with Crippen molar-refractivity contribution in [1.29, 1.82) is 0 Å². The Balaban J connectivity index is 2.75. The van der Waals surface area contributed by atoms with E-state index in [2.05, 4.69) is 5.32 Å². The molecule has 84 valence electrons. The number of carbonyl (C=O) groups is 2. The fourth-order valence-corrected chi connectivity index (χ4v) is 1.33. The van der Waals surface area contributed by atoms with Crippen LogP contribution in [0.15, 0.2) is 24.3 Å². The van der Waals surface area contributed by atoms with Crippen molar-refractivity contribution in [2.24, 2.45) is 0 Å². The van der Waals surface area contributed by atoms with Gasteiger partial charge in [0, 0.05) is 19.0 Å². The van der Waals surface area contributed by atoms with Gasteiger partial charge in [0.15, 0.2) is 6.29 Å². The van der Waals surface area contributed by atoms with E-state index in [1.807, 2.05) is 31.2 Å². The molecular weight excluding hydrogens is 202 g/mol. The van der Waals surface area contributed by atoms with Crippen LogP contribution in [0.25, 0.3) is 6.08 Å². The first kappa shape index (κ1) is 12.2. The molecule has 0 aliphatic heterocycles. The van der Waals surface area contributed by atoms with Crippen LogP contribution in [0.2, 0.25) is 0 Å². The molecule has 0 aromatic heterocycles. The minimum Gasteiger partial charge on any atom is -0.353 e. The molecule has 1 aromatic carbocycles. The summed E-state index contributed by atoms with van der Waals surface area (Å²) in [5.74, 6) is -0.0653. The zero-order valence-electron chi connectivity index (χ0n) is 9.49. The topological polar surface area (TPSA) is 46.2 Å². The van der Waals surface area contributed by atoms with Crippen molar-refractivity contribution in [1.82, 2.24) is 5.32 Å². The van der Waals surface area contributed by atoms with Gasteiger partial charge in [-0.2, -0.15) is 0 Å². The Bertz CT molecular complexity index is 422. The second-order valence-corrected chi connectivity index (χ2v) is 3.59. The summed E-state index contributed by atoms with van der Waals surface area (Å²) in [6, 6.07) is 5.63. The summed E-state index contributed by atoms with van der Waals surface area (Å²) in [6.07, 6.45) is 4.49. The van der Waals surface area contributed by atoms with Gasteiger partial charge in [-0.3, -0.25) is 9.59 Å². The highest BCUT2D eigenvalue weighted by Crippen LogP contribution is 2.11. The minimum atomic E-state index is -0.0653. The maximum Gasteiger partial charge on any atom is 0.217 e. The van der Waals surface area contributed by atoms with E-state index < -0.39 is 0 Å². The van der Waals surface area contributed by atoms with Crippen LogP contribution in [-0.4, -0.2) is 18.7 Å². The third-order valence-corrected chi connectivity index (χ3v) is 2.14. The van der Waals surface area contributed by atoms with Crippen LogP contribution in [0.1, 0.15) is 28.4 Å². The van der Waals surface area contributed by atoms with E-state index in [9.17, 15) is 9.59 Å². The number of aldehydes is 1. The monoisotopic (exact) mass is 217 g/mol. The van der Waals surface area contributed by atoms with Gasteiger partial charge in [-0.25, -0.2) is 0 Å². The van der Waals surface area contributed by atoms with E-state index in [4.69, 9.17) is 0 Å². The molecule has 0 atom stereocenters. The standard InChI is InChI=1S/C13H15NO2/c1-10-5-6-13(9-15)12(8-10)4-3-7-14-11(2)16/h3-6,8-9H,7H2,1-2H3,(H,14,16). The van der Waals surface area contributed by atoms with Gasteiger partial charge in [0.2, 0.25) is 5.91 Å². The predicted molar refractivity (Wildman–Crippen MR) is 64.3 cm³/mol. The third-order valence-electron chi connectivity index (χ3n) is 2.14. The number of rotatable bonds is 4. The summed E-state index contributed by atoms with van der Waals surface area (Å²) in [4.78, 5) is 21.4. The van der Waals surface area contributed by atoms with Crippen LogP contribution in [-0.2, 0) is 4.79 Å². The van der Waals surface area contributed by atoms with Gasteiger partial charge in [-0.1, -0.05) is 35.9 Å². The summed E-state index contributed by atoms with van der Waals surface area (Å²) >= 11 is 0. The number of aryl methyl sites for hydroxylation is 1. The van der Waals surface area contributed by atoms with Crippen molar-refractivity contribution in [3.8, 4) is 0 Å². The Hall–Kier alpha value is -1.90. The van der Waals surface area contributed by atoms with Gasteiger partial charge in [0.1, 0.15) is 0 Å². The predicted octanol–water partition coefficient (Wildman–Crippen LogP) is 1.96. The van der Waals surface area contributed by atoms with Crippen molar-refractivity contribution in [2.75, 3.05) is 6.54 Å². The summed E-state index contributed by atoms with van der Waals surface area (Å²) in [5.41, 5.74) is 2.63. The quantitative estimate of drug-likeness (QED) is 0.783. The van der Waals surface area contributed by atoms with E-state index in [1.54, 1.807) is 6.07 Å². The van der Waals surface area contributed by atoms with Crippen LogP contribution in [0.5, 0.6) is 0 Å². The van der Waals surface area contributed by atoms with Crippen LogP contribution >= 0.6 is 0 Å². The number of amides is 1. The first-order chi connectivity index (χ1) is 7.63. The maximum atomic E-state index is 10.8. The van der Waals surface area contributed by atoms with E-state index in [-0.39, 0.29) is 5.91 Å². The first-order valence-electron chi connectivity index (χ1n) is 5.10. The van der Waals surface area contributed by atoms with Crippen LogP contribution in [0, 0.1) is 6.92 Å². The van der Waals surface area contributed by atoms with Gasteiger partial charge in [0.05, 0.1) is 0 Å². The number of hydrogen-bond acceptors (Lipinski definition) is 2. The highest BCUT2D eigenvalue weighted by molar-refractivity contribution is 5.82. The molecule has 3 heteroatoms. The Kier molecular flexibility index (Phi) is 4.45. The van der Waals surface area contributed by atoms with Crippen molar-refractivity contribution in [2.45, 2.75) is 13.8 Å². The van der Waals surface area contributed by atoms with Crippen molar-refractivity contribution >= 4 is 18.3 Å². The van der Waals surface area contributed by atoms with Crippen LogP contribution in [0.4, 0.5) is 0 Å². The Morgan fingerprint density at radius 2 is 2.12 bits per heavy atom. The van der Waals surface area contributed by atoms with Crippen molar-refractivity contribution in [3.05, 3.63) is 41.0 Å². The molecule has 0 heterocycles. The number of nitrogens with one attached hydrogen (secondary N) is 1. The summed E-state index contributed by atoms with van der Waals surface area (Å²) < 4.78 is 0. The van der Waals surface area contributed by atoms with E-state index in [1.165, 1.54) is 6.92 Å². The highest BCUT2D eigenvalue weighted by Gasteiger charge is 1.97. The lowest BCUT2D eigenvalue weighted by Gasteiger charge is -2.01. The maximum absolute atomic E-state index is 10.8. The second-order valence-electron chi connectivity index (χ2n) is 3.59. The molecular formula is C13H15NO2. The summed E-state index contributed by atoms with van der Waals surface area (Å²) in [7, 11) is 0. The number of hydrogen-bond donors (Lipinski definition) is 1. The van der Waals surface area contributed by atoms with E-state index >= 15 is 0 Å². The van der Waals surface area contributed by atoms with Crippen LogP contribution < -0.4 is 5.32 Å². The SMILES string of the molecule is CC(=O)NCC=Cc1cc(C)ccc1C=O. The fraction of sp³-hybridized carbons (Fsp3) is 0.231. The Morgan fingerprint density at radius 3 is 2.75 bits per heavy atom. The average molecular weight is 217 g/mol. The Labute approximate surface area is 95.2 Å². The smallest absolute Gasteiger partial charge is 0.217 e. The molecule has 1 rings (SSSR count). The zero-order chi connectivity index (χ0) is 12.0. The van der Waals surface area contributed by atoms with Crippen molar-refractivity contribution < 1.29 is 9.59 Å². The molecule has 0 spiro atoms. The molecule has 0 aliphatic carbocycles. The molecule has 3 nitrogen and oxygen atoms in total. The molecule has 0 aliphatic rings. The second kappa shape index (κ2) is 5.85.